The monoisotopic (exact) mass is 530 g/mol. The highest BCUT2D eigenvalue weighted by Crippen LogP contribution is 2.52. The van der Waals surface area contributed by atoms with Crippen molar-refractivity contribution in [2.75, 3.05) is 0 Å². The minimum absolute atomic E-state index is 0.514. The molecule has 0 bridgehead atoms. The fourth-order valence-electron chi connectivity index (χ4n) is 4.64. The normalized spacial score (nSPS) is 14.2. The van der Waals surface area contributed by atoms with Gasteiger partial charge in [0.1, 0.15) is 5.60 Å². The molecule has 37 heavy (non-hydrogen) atoms. The maximum Gasteiger partial charge on any atom is 0.421 e. The summed E-state index contributed by atoms with van der Waals surface area (Å²) in [4.78, 5) is 14.1. The molecule has 0 heterocycles. The van der Waals surface area contributed by atoms with Crippen LogP contribution in [0.4, 0.5) is 13.2 Å². The van der Waals surface area contributed by atoms with Crippen molar-refractivity contribution in [2.45, 2.75) is 58.4 Å². The summed E-state index contributed by atoms with van der Waals surface area (Å²) in [6.45, 7) is 4.39. The number of esters is 1. The second-order valence-electron chi connectivity index (χ2n) is 10.5. The predicted molar refractivity (Wildman–Crippen MR) is 146 cm³/mol. The third kappa shape index (κ3) is 5.86. The predicted octanol–water partition coefficient (Wildman–Crippen LogP) is 5.83. The molecule has 1 unspecified atom stereocenters. The van der Waals surface area contributed by atoms with Crippen LogP contribution >= 0.6 is 6.89 Å². The van der Waals surface area contributed by atoms with Crippen molar-refractivity contribution >= 4 is 34.1 Å². The van der Waals surface area contributed by atoms with Gasteiger partial charge < -0.3 is 9.84 Å². The number of carbonyl (C=O) groups is 1. The van der Waals surface area contributed by atoms with E-state index in [1.807, 2.05) is 0 Å². The van der Waals surface area contributed by atoms with Gasteiger partial charge in [-0.25, -0.2) is 4.79 Å². The molecule has 0 aromatic heterocycles. The Kier molecular flexibility index (Phi) is 8.46. The van der Waals surface area contributed by atoms with Crippen LogP contribution in [0.25, 0.3) is 0 Å². The first-order valence-electron chi connectivity index (χ1n) is 12.2. The first-order chi connectivity index (χ1) is 17.2. The number of rotatable bonds is 7. The van der Waals surface area contributed by atoms with Crippen molar-refractivity contribution in [1.82, 2.24) is 0 Å². The van der Waals surface area contributed by atoms with E-state index in [0.717, 1.165) is 0 Å². The highest BCUT2D eigenvalue weighted by molar-refractivity contribution is 7.96. The van der Waals surface area contributed by atoms with Crippen molar-refractivity contribution < 1.29 is 27.8 Å². The van der Waals surface area contributed by atoms with Crippen LogP contribution < -0.4 is 15.9 Å². The summed E-state index contributed by atoms with van der Waals surface area (Å²) < 4.78 is 51.1. The Morgan fingerprint density at radius 3 is 1.41 bits per heavy atom. The average Bonchev–Trinajstić information content (AvgIpc) is 2.81. The van der Waals surface area contributed by atoms with E-state index in [0.29, 0.717) is 15.9 Å². The zero-order valence-corrected chi connectivity index (χ0v) is 22.7. The van der Waals surface area contributed by atoms with E-state index in [4.69, 9.17) is 4.74 Å². The van der Waals surface area contributed by atoms with Gasteiger partial charge >= 0.3 is 12.1 Å². The summed E-state index contributed by atoms with van der Waals surface area (Å²) in [6, 6.07) is 26.1. The molecule has 0 aliphatic carbocycles. The molecule has 1 N–H and O–H groups in total. The van der Waals surface area contributed by atoms with Crippen molar-refractivity contribution in [3.63, 3.8) is 0 Å². The summed E-state index contributed by atoms with van der Waals surface area (Å²) in [5, 5.41) is 12.7. The molecule has 0 saturated carbocycles. The molecule has 0 amide bonds. The molecule has 0 fully saturated rings. The van der Waals surface area contributed by atoms with Crippen LogP contribution in [-0.4, -0.2) is 33.7 Å². The number of ether oxygens (including phenoxy) is 1. The van der Waals surface area contributed by atoms with Gasteiger partial charge in [-0.1, -0.05) is 105 Å². The van der Waals surface area contributed by atoms with Gasteiger partial charge in [-0.15, -0.1) is 0 Å². The van der Waals surface area contributed by atoms with Crippen LogP contribution in [0.15, 0.2) is 91.0 Å². The standard InChI is InChI=1S/C30H34F3O3P/c1-22(2)21-29(35,30(31,32)33)26(27(34)36-28(3,4)5)37(23-15-9-6-10-16-23,24-17-11-7-12-18-24)25-19-13-8-14-20-25/h6-20,22,35H,21H2,1-5H3. The second-order valence-corrected chi connectivity index (χ2v) is 13.8. The van der Waals surface area contributed by atoms with Crippen LogP contribution in [0, 0.1) is 5.92 Å². The van der Waals surface area contributed by atoms with Crippen molar-refractivity contribution in [3.05, 3.63) is 91.0 Å². The van der Waals surface area contributed by atoms with Gasteiger partial charge in [0.15, 0.2) is 5.60 Å². The lowest BCUT2D eigenvalue weighted by Crippen LogP contribution is -2.58. The maximum atomic E-state index is 15.1. The third-order valence-corrected chi connectivity index (χ3v) is 10.4. The first kappa shape index (κ1) is 28.7. The summed E-state index contributed by atoms with van der Waals surface area (Å²) in [5.41, 5.74) is -4.54. The Bertz CT molecular complexity index is 1140. The van der Waals surface area contributed by atoms with Crippen molar-refractivity contribution in [1.29, 1.82) is 0 Å². The Balaban J connectivity index is 2.76. The van der Waals surface area contributed by atoms with Crippen LogP contribution in [-0.2, 0) is 9.53 Å². The molecule has 0 spiro atoms. The molecule has 0 aliphatic heterocycles. The lowest BCUT2D eigenvalue weighted by atomic mass is 9.88. The van der Waals surface area contributed by atoms with Gasteiger partial charge in [0.05, 0.1) is 5.29 Å². The summed E-state index contributed by atoms with van der Waals surface area (Å²) in [6.07, 6.45) is -5.84. The number of aliphatic hydroxyl groups is 1. The van der Waals surface area contributed by atoms with Gasteiger partial charge in [0.25, 0.3) is 0 Å². The average molecular weight is 531 g/mol. The van der Waals surface area contributed by atoms with E-state index in [1.54, 1.807) is 126 Å². The Morgan fingerprint density at radius 2 is 1.14 bits per heavy atom. The molecule has 1 atom stereocenters. The van der Waals surface area contributed by atoms with E-state index in [9.17, 15) is 9.90 Å². The zero-order valence-electron chi connectivity index (χ0n) is 21.8. The molecule has 3 rings (SSSR count). The SMILES string of the molecule is CC(C)CC(O)(C(C(=O)OC(C)(C)C)=P(c1ccccc1)(c1ccccc1)c1ccccc1)C(F)(F)F. The number of benzene rings is 3. The number of halogens is 3. The van der Waals surface area contributed by atoms with Gasteiger partial charge in [-0.05, 0) is 55.9 Å². The zero-order chi connectivity index (χ0) is 27.5. The summed E-state index contributed by atoms with van der Waals surface area (Å²) in [5.74, 6) is -1.73. The molecule has 198 valence electrons. The fraction of sp³-hybridized carbons (Fsp3) is 0.333. The quantitative estimate of drug-likeness (QED) is 0.309. The molecule has 0 saturated heterocycles. The Morgan fingerprint density at radius 1 is 0.784 bits per heavy atom. The Labute approximate surface area is 217 Å². The first-order valence-corrected chi connectivity index (χ1v) is 14.0. The van der Waals surface area contributed by atoms with Crippen molar-refractivity contribution in [2.24, 2.45) is 5.92 Å². The van der Waals surface area contributed by atoms with Gasteiger partial charge in [-0.2, -0.15) is 13.2 Å². The van der Waals surface area contributed by atoms with Crippen LogP contribution in [0.1, 0.15) is 41.0 Å². The number of alkyl halides is 3. The van der Waals surface area contributed by atoms with Gasteiger partial charge in [0, 0.05) is 0 Å². The second kappa shape index (κ2) is 10.9. The minimum Gasteiger partial charge on any atom is -0.456 e. The minimum atomic E-state index is -5.15. The third-order valence-electron chi connectivity index (χ3n) is 5.92. The molecule has 0 radical (unpaired) electrons. The van der Waals surface area contributed by atoms with Gasteiger partial charge in [0.2, 0.25) is 0 Å². The molecule has 0 aliphatic rings. The van der Waals surface area contributed by atoms with Gasteiger partial charge in [-0.3, -0.25) is 0 Å². The molecular formula is C30H34F3O3P. The highest BCUT2D eigenvalue weighted by Gasteiger charge is 2.61. The van der Waals surface area contributed by atoms with E-state index in [-0.39, 0.29) is 0 Å². The van der Waals surface area contributed by atoms with E-state index >= 15 is 13.2 Å². The van der Waals surface area contributed by atoms with E-state index in [2.05, 4.69) is 0 Å². The molecule has 3 aromatic rings. The maximum absolute atomic E-state index is 15.1. The largest absolute Gasteiger partial charge is 0.456 e. The summed E-state index contributed by atoms with van der Waals surface area (Å²) >= 11 is 0. The molecule has 7 heteroatoms. The van der Waals surface area contributed by atoms with Crippen LogP contribution in [0.3, 0.4) is 0 Å². The Hall–Kier alpha value is -2.82. The smallest absolute Gasteiger partial charge is 0.421 e. The highest BCUT2D eigenvalue weighted by atomic mass is 31.2. The summed E-state index contributed by atoms with van der Waals surface area (Å²) in [7, 11) is 0. The van der Waals surface area contributed by atoms with Crippen LogP contribution in [0.2, 0.25) is 0 Å². The number of hydrogen-bond donors (Lipinski definition) is 1. The lowest BCUT2D eigenvalue weighted by Gasteiger charge is -2.41. The van der Waals surface area contributed by atoms with Crippen molar-refractivity contribution in [3.8, 4) is 0 Å². The topological polar surface area (TPSA) is 46.5 Å². The van der Waals surface area contributed by atoms with E-state index < -0.39 is 47.9 Å². The molecule has 3 nitrogen and oxygen atoms in total. The molecule has 3 aromatic carbocycles. The fourth-order valence-corrected chi connectivity index (χ4v) is 9.26. The van der Waals surface area contributed by atoms with E-state index in [1.165, 1.54) is 0 Å². The van der Waals surface area contributed by atoms with Crippen LogP contribution in [0.5, 0.6) is 0 Å². The number of carbonyl (C=O) groups excluding carboxylic acids is 1. The molecular weight excluding hydrogens is 496 g/mol. The number of hydrogen-bond acceptors (Lipinski definition) is 3. The lowest BCUT2D eigenvalue weighted by molar-refractivity contribution is -0.235.